The van der Waals surface area contributed by atoms with Crippen molar-refractivity contribution in [3.8, 4) is 0 Å². The van der Waals surface area contributed by atoms with E-state index in [9.17, 15) is 8.42 Å². The number of nitrogens with zero attached hydrogens (tertiary/aromatic N) is 1. The van der Waals surface area contributed by atoms with Gasteiger partial charge < -0.3 is 4.74 Å². The van der Waals surface area contributed by atoms with Crippen molar-refractivity contribution in [3.63, 3.8) is 0 Å². The zero-order chi connectivity index (χ0) is 15.1. The molecule has 5 heteroatoms. The number of benzene rings is 1. The lowest BCUT2D eigenvalue weighted by atomic mass is 10.2. The van der Waals surface area contributed by atoms with Crippen LogP contribution in [0.4, 0.5) is 0 Å². The summed E-state index contributed by atoms with van der Waals surface area (Å²) in [6.07, 6.45) is 7.65. The quantitative estimate of drug-likeness (QED) is 0.547. The third kappa shape index (κ3) is 4.15. The first kappa shape index (κ1) is 16.2. The largest absolute Gasteiger partial charge is 0.358 e. The molecule has 0 N–H and O–H groups in total. The highest BCUT2D eigenvalue weighted by atomic mass is 32.2. The summed E-state index contributed by atoms with van der Waals surface area (Å²) in [4.78, 5) is 0.313. The standard InChI is InChI=1S/C16H23NO3S/c1-2-3-4-8-14-20-16-12-9-13-17(16)21(18,19)15-10-6-5-7-11-15/h5-7,9-12,16H,2-4,8,13-14H2,1H3. The van der Waals surface area contributed by atoms with Crippen molar-refractivity contribution in [3.05, 3.63) is 42.5 Å². The minimum Gasteiger partial charge on any atom is -0.358 e. The summed E-state index contributed by atoms with van der Waals surface area (Å²) < 4.78 is 32.3. The number of unbranched alkanes of at least 4 members (excludes halogenated alkanes) is 3. The summed E-state index contributed by atoms with van der Waals surface area (Å²) in [5, 5.41) is 0. The van der Waals surface area contributed by atoms with Crippen LogP contribution in [0.2, 0.25) is 0 Å². The lowest BCUT2D eigenvalue weighted by Gasteiger charge is -2.24. The minimum atomic E-state index is -3.49. The summed E-state index contributed by atoms with van der Waals surface area (Å²) in [7, 11) is -3.49. The predicted octanol–water partition coefficient (Wildman–Crippen LogP) is 3.17. The molecule has 0 aliphatic carbocycles. The van der Waals surface area contributed by atoms with Gasteiger partial charge in [0.15, 0.2) is 0 Å². The minimum absolute atomic E-state index is 0.313. The normalized spacial score (nSPS) is 19.2. The highest BCUT2D eigenvalue weighted by Crippen LogP contribution is 2.22. The Morgan fingerprint density at radius 3 is 2.67 bits per heavy atom. The zero-order valence-electron chi connectivity index (χ0n) is 12.4. The Bertz CT molecular complexity index is 554. The SMILES string of the molecule is CCCCCCOC1C=CCN1S(=O)(=O)c1ccccc1. The van der Waals surface area contributed by atoms with Crippen LogP contribution in [0, 0.1) is 0 Å². The topological polar surface area (TPSA) is 46.6 Å². The van der Waals surface area contributed by atoms with E-state index in [4.69, 9.17) is 4.74 Å². The van der Waals surface area contributed by atoms with E-state index < -0.39 is 16.3 Å². The first-order valence-electron chi connectivity index (χ1n) is 7.51. The smallest absolute Gasteiger partial charge is 0.245 e. The summed E-state index contributed by atoms with van der Waals surface area (Å²) in [6, 6.07) is 8.51. The van der Waals surface area contributed by atoms with Crippen LogP contribution in [0.3, 0.4) is 0 Å². The average molecular weight is 309 g/mol. The molecule has 1 aromatic rings. The fourth-order valence-electron chi connectivity index (χ4n) is 2.32. The molecule has 1 unspecified atom stereocenters. The van der Waals surface area contributed by atoms with Crippen molar-refractivity contribution in [2.45, 2.75) is 43.7 Å². The van der Waals surface area contributed by atoms with E-state index >= 15 is 0 Å². The van der Waals surface area contributed by atoms with E-state index in [2.05, 4.69) is 6.92 Å². The van der Waals surface area contributed by atoms with Gasteiger partial charge in [-0.3, -0.25) is 0 Å². The van der Waals surface area contributed by atoms with Gasteiger partial charge in [0.25, 0.3) is 0 Å². The molecule has 4 nitrogen and oxygen atoms in total. The van der Waals surface area contributed by atoms with Crippen LogP contribution in [0.15, 0.2) is 47.4 Å². The molecular formula is C16H23NO3S. The molecule has 0 saturated carbocycles. The first-order chi connectivity index (χ1) is 10.2. The van der Waals surface area contributed by atoms with E-state index in [1.807, 2.05) is 18.2 Å². The number of hydrogen-bond donors (Lipinski definition) is 0. The number of hydrogen-bond acceptors (Lipinski definition) is 3. The van der Waals surface area contributed by atoms with Crippen molar-refractivity contribution in [1.29, 1.82) is 0 Å². The van der Waals surface area contributed by atoms with Gasteiger partial charge in [-0.25, -0.2) is 8.42 Å². The molecule has 0 bridgehead atoms. The summed E-state index contributed by atoms with van der Waals surface area (Å²) >= 11 is 0. The van der Waals surface area contributed by atoms with Gasteiger partial charge in [0, 0.05) is 13.2 Å². The number of ether oxygens (including phenoxy) is 1. The number of rotatable bonds is 8. The lowest BCUT2D eigenvalue weighted by molar-refractivity contribution is 0.0237. The second kappa shape index (κ2) is 7.73. The van der Waals surface area contributed by atoms with E-state index in [0.29, 0.717) is 18.0 Å². The number of sulfonamides is 1. The van der Waals surface area contributed by atoms with Gasteiger partial charge >= 0.3 is 0 Å². The van der Waals surface area contributed by atoms with Crippen molar-refractivity contribution in [2.24, 2.45) is 0 Å². The van der Waals surface area contributed by atoms with Crippen molar-refractivity contribution < 1.29 is 13.2 Å². The summed E-state index contributed by atoms with van der Waals surface area (Å²) in [6.45, 7) is 3.13. The second-order valence-electron chi connectivity index (χ2n) is 5.14. The van der Waals surface area contributed by atoms with Crippen LogP contribution in [0.1, 0.15) is 32.6 Å². The Morgan fingerprint density at radius 2 is 1.95 bits per heavy atom. The molecule has 116 valence electrons. The molecular weight excluding hydrogens is 286 g/mol. The summed E-state index contributed by atoms with van der Waals surface area (Å²) in [5.74, 6) is 0. The average Bonchev–Trinajstić information content (AvgIpc) is 2.97. The molecule has 0 radical (unpaired) electrons. The molecule has 1 heterocycles. The molecule has 21 heavy (non-hydrogen) atoms. The van der Waals surface area contributed by atoms with Gasteiger partial charge in [-0.15, -0.1) is 0 Å². The fourth-order valence-corrected chi connectivity index (χ4v) is 3.77. The molecule has 0 fully saturated rings. The molecule has 1 aliphatic rings. The molecule has 0 amide bonds. The maximum absolute atomic E-state index is 12.6. The van der Waals surface area contributed by atoms with Gasteiger partial charge in [-0.05, 0) is 24.6 Å². The Morgan fingerprint density at radius 1 is 1.19 bits per heavy atom. The van der Waals surface area contributed by atoms with E-state index in [0.717, 1.165) is 12.8 Å². The molecule has 0 aromatic heterocycles. The van der Waals surface area contributed by atoms with Crippen molar-refractivity contribution >= 4 is 10.0 Å². The highest BCUT2D eigenvalue weighted by Gasteiger charge is 2.32. The molecule has 1 aliphatic heterocycles. The van der Waals surface area contributed by atoms with E-state index in [-0.39, 0.29) is 0 Å². The van der Waals surface area contributed by atoms with Gasteiger partial charge in [0.2, 0.25) is 10.0 Å². The molecule has 2 rings (SSSR count). The third-order valence-electron chi connectivity index (χ3n) is 3.51. The Balaban J connectivity index is 1.96. The van der Waals surface area contributed by atoms with Crippen LogP contribution in [0.25, 0.3) is 0 Å². The van der Waals surface area contributed by atoms with Gasteiger partial charge in [-0.1, -0.05) is 50.5 Å². The molecule has 0 spiro atoms. The Hall–Kier alpha value is -1.17. The highest BCUT2D eigenvalue weighted by molar-refractivity contribution is 7.89. The Labute approximate surface area is 127 Å². The van der Waals surface area contributed by atoms with Crippen molar-refractivity contribution in [1.82, 2.24) is 4.31 Å². The lowest BCUT2D eigenvalue weighted by Crippen LogP contribution is -2.37. The first-order valence-corrected chi connectivity index (χ1v) is 8.95. The maximum atomic E-state index is 12.6. The maximum Gasteiger partial charge on any atom is 0.245 e. The third-order valence-corrected chi connectivity index (χ3v) is 5.35. The van der Waals surface area contributed by atoms with E-state index in [1.54, 1.807) is 24.3 Å². The molecule has 0 saturated heterocycles. The van der Waals surface area contributed by atoms with Crippen molar-refractivity contribution in [2.75, 3.05) is 13.2 Å². The van der Waals surface area contributed by atoms with Crippen LogP contribution in [-0.2, 0) is 14.8 Å². The van der Waals surface area contributed by atoms with E-state index in [1.165, 1.54) is 17.1 Å². The monoisotopic (exact) mass is 309 g/mol. The van der Waals surface area contributed by atoms with Crippen LogP contribution >= 0.6 is 0 Å². The predicted molar refractivity (Wildman–Crippen MR) is 83.4 cm³/mol. The second-order valence-corrected chi connectivity index (χ2v) is 7.03. The fraction of sp³-hybridized carbons (Fsp3) is 0.500. The summed E-state index contributed by atoms with van der Waals surface area (Å²) in [5.41, 5.74) is 0. The van der Waals surface area contributed by atoms with Gasteiger partial charge in [0.1, 0.15) is 6.23 Å². The van der Waals surface area contributed by atoms with Gasteiger partial charge in [-0.2, -0.15) is 4.31 Å². The zero-order valence-corrected chi connectivity index (χ0v) is 13.3. The Kier molecular flexibility index (Phi) is 5.96. The molecule has 1 aromatic carbocycles. The molecule has 1 atom stereocenters. The van der Waals surface area contributed by atoms with Crippen LogP contribution in [0.5, 0.6) is 0 Å². The van der Waals surface area contributed by atoms with Crippen LogP contribution < -0.4 is 0 Å². The van der Waals surface area contributed by atoms with Crippen LogP contribution in [-0.4, -0.2) is 32.1 Å². The van der Waals surface area contributed by atoms with Gasteiger partial charge in [0.05, 0.1) is 4.90 Å².